The predicted molar refractivity (Wildman–Crippen MR) is 85.9 cm³/mol. The number of amides is 2. The normalized spacial score (nSPS) is 17.6. The number of fused-ring (bicyclic) bond motifs is 1. The molecule has 24 heavy (non-hydrogen) atoms. The Bertz CT molecular complexity index is 709. The van der Waals surface area contributed by atoms with Gasteiger partial charge in [-0.15, -0.1) is 0 Å². The fourth-order valence-electron chi connectivity index (χ4n) is 2.50. The van der Waals surface area contributed by atoms with Crippen LogP contribution in [0.15, 0.2) is 24.3 Å². The first kappa shape index (κ1) is 16.4. The molecule has 0 bridgehead atoms. The Labute approximate surface area is 138 Å². The van der Waals surface area contributed by atoms with Gasteiger partial charge in [-0.05, 0) is 18.9 Å². The molecule has 1 aromatic heterocycles. The van der Waals surface area contributed by atoms with Crippen LogP contribution in [0.2, 0.25) is 0 Å². The van der Waals surface area contributed by atoms with Gasteiger partial charge in [0.1, 0.15) is 0 Å². The first-order valence-corrected chi connectivity index (χ1v) is 8.01. The smallest absolute Gasteiger partial charge is 0.272 e. The van der Waals surface area contributed by atoms with Crippen LogP contribution in [0.1, 0.15) is 36.2 Å². The molecular formula is C16H20N4O4. The number of benzene rings is 1. The number of aromatic nitrogens is 2. The number of hydrogen-bond acceptors (Lipinski definition) is 5. The van der Waals surface area contributed by atoms with Crippen LogP contribution in [0, 0.1) is 0 Å². The maximum Gasteiger partial charge on any atom is 0.272 e. The molecule has 1 atom stereocenters. The van der Waals surface area contributed by atoms with Crippen molar-refractivity contribution in [2.45, 2.75) is 32.0 Å². The first-order chi connectivity index (χ1) is 11.7. The summed E-state index contributed by atoms with van der Waals surface area (Å²) in [4.78, 5) is 29.0. The third-order valence-corrected chi connectivity index (χ3v) is 3.77. The molecule has 3 rings (SSSR count). The summed E-state index contributed by atoms with van der Waals surface area (Å²) in [5.41, 5.74) is 3.46. The molecule has 0 radical (unpaired) electrons. The lowest BCUT2D eigenvalue weighted by Gasteiger charge is -2.22. The van der Waals surface area contributed by atoms with Gasteiger partial charge in [0.05, 0.1) is 5.52 Å². The van der Waals surface area contributed by atoms with Gasteiger partial charge in [-0.25, -0.2) is 10.3 Å². The van der Waals surface area contributed by atoms with E-state index in [0.29, 0.717) is 12.3 Å². The largest absolute Gasteiger partial charge is 0.350 e. The van der Waals surface area contributed by atoms with Crippen molar-refractivity contribution in [3.05, 3.63) is 30.0 Å². The van der Waals surface area contributed by atoms with E-state index in [1.165, 1.54) is 0 Å². The van der Waals surface area contributed by atoms with Gasteiger partial charge in [-0.1, -0.05) is 18.2 Å². The third-order valence-electron chi connectivity index (χ3n) is 3.77. The minimum atomic E-state index is -0.382. The molecule has 1 fully saturated rings. The molecule has 8 heteroatoms. The van der Waals surface area contributed by atoms with E-state index in [4.69, 9.17) is 9.57 Å². The van der Waals surface area contributed by atoms with Crippen molar-refractivity contribution in [2.75, 3.05) is 13.2 Å². The zero-order valence-corrected chi connectivity index (χ0v) is 13.2. The van der Waals surface area contributed by atoms with Gasteiger partial charge in [0.25, 0.3) is 5.91 Å². The Kier molecular flexibility index (Phi) is 5.39. The summed E-state index contributed by atoms with van der Waals surface area (Å²) >= 11 is 0. The van der Waals surface area contributed by atoms with Gasteiger partial charge >= 0.3 is 0 Å². The SMILES string of the molecule is O=C(CCNC(=O)c1n[nH]c2ccccc12)NOC1CCCCO1. The summed E-state index contributed by atoms with van der Waals surface area (Å²) in [5, 5.41) is 10.2. The van der Waals surface area contributed by atoms with Crippen LogP contribution in [0.4, 0.5) is 0 Å². The second kappa shape index (κ2) is 7.89. The summed E-state index contributed by atoms with van der Waals surface area (Å²) in [6.07, 6.45) is 2.53. The highest BCUT2D eigenvalue weighted by Crippen LogP contribution is 2.14. The summed E-state index contributed by atoms with van der Waals surface area (Å²) < 4.78 is 5.34. The van der Waals surface area contributed by atoms with Gasteiger partial charge in [0, 0.05) is 31.4 Å². The average Bonchev–Trinajstić information content (AvgIpc) is 3.05. The fourth-order valence-corrected chi connectivity index (χ4v) is 2.50. The second-order valence-corrected chi connectivity index (χ2v) is 5.56. The lowest BCUT2D eigenvalue weighted by Crippen LogP contribution is -2.35. The van der Waals surface area contributed by atoms with Crippen molar-refractivity contribution in [1.29, 1.82) is 0 Å². The van der Waals surface area contributed by atoms with Gasteiger partial charge in [0.15, 0.2) is 12.0 Å². The number of hydrogen-bond donors (Lipinski definition) is 3. The monoisotopic (exact) mass is 332 g/mol. The number of ether oxygens (including phenoxy) is 1. The van der Waals surface area contributed by atoms with Crippen molar-refractivity contribution in [1.82, 2.24) is 21.0 Å². The molecular weight excluding hydrogens is 312 g/mol. The summed E-state index contributed by atoms with van der Waals surface area (Å²) in [6, 6.07) is 7.37. The quantitative estimate of drug-likeness (QED) is 0.691. The molecule has 0 spiro atoms. The average molecular weight is 332 g/mol. The molecule has 3 N–H and O–H groups in total. The van der Waals surface area contributed by atoms with Crippen LogP contribution in [-0.2, 0) is 14.4 Å². The number of aromatic amines is 1. The second-order valence-electron chi connectivity index (χ2n) is 5.56. The lowest BCUT2D eigenvalue weighted by atomic mass is 10.2. The number of carbonyl (C=O) groups is 2. The van der Waals surface area contributed by atoms with Gasteiger partial charge < -0.3 is 10.1 Å². The minimum absolute atomic E-state index is 0.112. The molecule has 1 unspecified atom stereocenters. The molecule has 0 saturated carbocycles. The Hall–Kier alpha value is -2.45. The number of hydroxylamine groups is 1. The molecule has 8 nitrogen and oxygen atoms in total. The summed E-state index contributed by atoms with van der Waals surface area (Å²) in [7, 11) is 0. The molecule has 128 valence electrons. The van der Waals surface area contributed by atoms with Crippen LogP contribution in [-0.4, -0.2) is 41.5 Å². The molecule has 1 aliphatic rings. The summed E-state index contributed by atoms with van der Waals surface area (Å²) in [6.45, 7) is 0.842. The van der Waals surface area contributed by atoms with Crippen LogP contribution in [0.25, 0.3) is 10.9 Å². The highest BCUT2D eigenvalue weighted by Gasteiger charge is 2.16. The highest BCUT2D eigenvalue weighted by molar-refractivity contribution is 6.04. The lowest BCUT2D eigenvalue weighted by molar-refractivity contribution is -0.200. The number of carbonyl (C=O) groups excluding carboxylic acids is 2. The van der Waals surface area contributed by atoms with E-state index in [9.17, 15) is 9.59 Å². The van der Waals surface area contributed by atoms with Crippen LogP contribution < -0.4 is 10.8 Å². The zero-order valence-electron chi connectivity index (χ0n) is 13.2. The molecule has 2 amide bonds. The predicted octanol–water partition coefficient (Wildman–Crippen LogP) is 1.26. The Morgan fingerprint density at radius 2 is 2.21 bits per heavy atom. The van der Waals surface area contributed by atoms with E-state index in [2.05, 4.69) is 21.0 Å². The van der Waals surface area contributed by atoms with Crippen molar-refractivity contribution in [3.63, 3.8) is 0 Å². The van der Waals surface area contributed by atoms with E-state index >= 15 is 0 Å². The molecule has 1 aromatic carbocycles. The van der Waals surface area contributed by atoms with Gasteiger partial charge in [0.2, 0.25) is 5.91 Å². The maximum atomic E-state index is 12.1. The van der Waals surface area contributed by atoms with Crippen molar-refractivity contribution >= 4 is 22.7 Å². The van der Waals surface area contributed by atoms with E-state index in [1.807, 2.05) is 24.3 Å². The zero-order chi connectivity index (χ0) is 16.8. The van der Waals surface area contributed by atoms with E-state index in [-0.39, 0.29) is 31.1 Å². The van der Waals surface area contributed by atoms with Crippen molar-refractivity contribution in [2.24, 2.45) is 0 Å². The molecule has 2 aromatic rings. The van der Waals surface area contributed by atoms with E-state index in [1.54, 1.807) is 0 Å². The number of rotatable bonds is 6. The van der Waals surface area contributed by atoms with E-state index in [0.717, 1.165) is 30.2 Å². The Morgan fingerprint density at radius 3 is 3.04 bits per heavy atom. The van der Waals surface area contributed by atoms with Crippen molar-refractivity contribution in [3.8, 4) is 0 Å². The topological polar surface area (TPSA) is 105 Å². The van der Waals surface area contributed by atoms with Crippen LogP contribution in [0.5, 0.6) is 0 Å². The standard InChI is InChI=1S/C16H20N4O4/c21-13(20-24-14-7-3-4-10-23-14)8-9-17-16(22)15-11-5-1-2-6-12(11)18-19-15/h1-2,5-6,14H,3-4,7-10H2,(H,17,22)(H,18,19)(H,20,21). The molecule has 0 aliphatic carbocycles. The Balaban J connectivity index is 1.40. The first-order valence-electron chi connectivity index (χ1n) is 8.01. The van der Waals surface area contributed by atoms with Crippen LogP contribution in [0.3, 0.4) is 0 Å². The number of H-pyrrole nitrogens is 1. The molecule has 1 aliphatic heterocycles. The fraction of sp³-hybridized carbons (Fsp3) is 0.438. The van der Waals surface area contributed by atoms with Crippen LogP contribution >= 0.6 is 0 Å². The number of para-hydroxylation sites is 1. The summed E-state index contributed by atoms with van der Waals surface area (Å²) in [5.74, 6) is -0.631. The van der Waals surface area contributed by atoms with Gasteiger partial charge in [-0.2, -0.15) is 5.10 Å². The highest BCUT2D eigenvalue weighted by atomic mass is 16.8. The van der Waals surface area contributed by atoms with Gasteiger partial charge in [-0.3, -0.25) is 14.7 Å². The number of nitrogens with one attached hydrogen (secondary N) is 3. The maximum absolute atomic E-state index is 12.1. The third kappa shape index (κ3) is 4.09. The van der Waals surface area contributed by atoms with Crippen molar-refractivity contribution < 1.29 is 19.2 Å². The molecule has 2 heterocycles. The number of nitrogens with zero attached hydrogens (tertiary/aromatic N) is 1. The Morgan fingerprint density at radius 1 is 1.33 bits per heavy atom. The minimum Gasteiger partial charge on any atom is -0.350 e. The molecule has 1 saturated heterocycles. The van der Waals surface area contributed by atoms with E-state index < -0.39 is 0 Å².